The van der Waals surface area contributed by atoms with E-state index >= 15 is 0 Å². The van der Waals surface area contributed by atoms with E-state index in [0.29, 0.717) is 17.2 Å². The predicted molar refractivity (Wildman–Crippen MR) is 92.1 cm³/mol. The smallest absolute Gasteiger partial charge is 0.203 e. The van der Waals surface area contributed by atoms with Gasteiger partial charge in [-0.2, -0.15) is 0 Å². The Morgan fingerprint density at radius 3 is 2.42 bits per heavy atom. The summed E-state index contributed by atoms with van der Waals surface area (Å²) in [6.45, 7) is 4.54. The van der Waals surface area contributed by atoms with E-state index in [1.165, 1.54) is 12.8 Å². The second-order valence-electron chi connectivity index (χ2n) is 6.38. The highest BCUT2D eigenvalue weighted by molar-refractivity contribution is 5.53. The molecule has 0 amide bonds. The van der Waals surface area contributed by atoms with E-state index in [1.54, 1.807) is 21.3 Å². The van der Waals surface area contributed by atoms with Gasteiger partial charge in [0, 0.05) is 32.2 Å². The van der Waals surface area contributed by atoms with Crippen LogP contribution in [-0.2, 0) is 11.3 Å². The molecule has 0 aromatic heterocycles. The summed E-state index contributed by atoms with van der Waals surface area (Å²) in [6.07, 6.45) is 2.97. The van der Waals surface area contributed by atoms with Crippen molar-refractivity contribution in [2.24, 2.45) is 0 Å². The fraction of sp³-hybridized carbons (Fsp3) is 0.667. The van der Waals surface area contributed by atoms with Crippen LogP contribution in [0, 0.1) is 0 Å². The van der Waals surface area contributed by atoms with Crippen LogP contribution >= 0.6 is 0 Å². The van der Waals surface area contributed by atoms with Gasteiger partial charge in [0.05, 0.1) is 34.0 Å². The van der Waals surface area contributed by atoms with Crippen LogP contribution in [0.25, 0.3) is 0 Å². The van der Waals surface area contributed by atoms with Gasteiger partial charge >= 0.3 is 0 Å². The van der Waals surface area contributed by atoms with Crippen molar-refractivity contribution in [1.29, 1.82) is 0 Å². The topological polar surface area (TPSA) is 52.2 Å². The number of rotatable bonds is 8. The Bertz CT molecular complexity index is 523. The highest BCUT2D eigenvalue weighted by atomic mass is 16.5. The first-order chi connectivity index (χ1) is 11.7. The third-order valence-corrected chi connectivity index (χ3v) is 4.66. The van der Waals surface area contributed by atoms with E-state index in [1.807, 2.05) is 12.1 Å². The van der Waals surface area contributed by atoms with E-state index < -0.39 is 0 Å². The van der Waals surface area contributed by atoms with E-state index in [-0.39, 0.29) is 6.10 Å². The largest absolute Gasteiger partial charge is 0.493 e. The third kappa shape index (κ3) is 4.12. The Morgan fingerprint density at radius 1 is 1.12 bits per heavy atom. The first kappa shape index (κ1) is 17.3. The number of methoxy groups -OCH3 is 3. The Morgan fingerprint density at radius 2 is 1.83 bits per heavy atom. The summed E-state index contributed by atoms with van der Waals surface area (Å²) >= 11 is 0. The molecule has 0 radical (unpaired) electrons. The lowest BCUT2D eigenvalue weighted by molar-refractivity contribution is -0.0301. The molecule has 24 heavy (non-hydrogen) atoms. The Labute approximate surface area is 144 Å². The van der Waals surface area contributed by atoms with Gasteiger partial charge in [-0.3, -0.25) is 4.90 Å². The molecule has 6 heteroatoms. The summed E-state index contributed by atoms with van der Waals surface area (Å²) < 4.78 is 22.0. The number of hydrogen-bond donors (Lipinski definition) is 1. The highest BCUT2D eigenvalue weighted by Crippen LogP contribution is 2.38. The molecule has 2 fully saturated rings. The second-order valence-corrected chi connectivity index (χ2v) is 6.38. The van der Waals surface area contributed by atoms with Gasteiger partial charge < -0.3 is 24.3 Å². The van der Waals surface area contributed by atoms with Crippen LogP contribution in [0.3, 0.4) is 0 Å². The van der Waals surface area contributed by atoms with E-state index in [2.05, 4.69) is 10.2 Å². The summed E-state index contributed by atoms with van der Waals surface area (Å²) in [5.41, 5.74) is 1.10. The van der Waals surface area contributed by atoms with Crippen LogP contribution in [0.4, 0.5) is 0 Å². The van der Waals surface area contributed by atoms with Crippen molar-refractivity contribution in [2.75, 3.05) is 47.6 Å². The summed E-state index contributed by atoms with van der Waals surface area (Å²) in [6, 6.07) is 4.77. The van der Waals surface area contributed by atoms with E-state index in [0.717, 1.165) is 44.4 Å². The zero-order valence-corrected chi connectivity index (χ0v) is 14.8. The molecule has 3 rings (SSSR count). The molecule has 1 aliphatic carbocycles. The van der Waals surface area contributed by atoms with Crippen molar-refractivity contribution in [2.45, 2.75) is 31.5 Å². The van der Waals surface area contributed by atoms with Gasteiger partial charge in [-0.1, -0.05) is 0 Å². The lowest BCUT2D eigenvalue weighted by atomic mass is 10.1. The molecule has 1 unspecified atom stereocenters. The molecule has 1 saturated heterocycles. The van der Waals surface area contributed by atoms with Crippen molar-refractivity contribution in [3.63, 3.8) is 0 Å². The molecule has 1 aliphatic heterocycles. The molecule has 0 spiro atoms. The average Bonchev–Trinajstić information content (AvgIpc) is 3.46. The molecule has 1 aromatic rings. The molecule has 1 N–H and O–H groups in total. The molecular weight excluding hydrogens is 308 g/mol. The number of nitrogens with one attached hydrogen (secondary N) is 1. The number of ether oxygens (including phenoxy) is 4. The Hall–Kier alpha value is -1.50. The van der Waals surface area contributed by atoms with E-state index in [4.69, 9.17) is 18.9 Å². The van der Waals surface area contributed by atoms with Crippen LogP contribution in [-0.4, -0.2) is 64.6 Å². The molecule has 6 nitrogen and oxygen atoms in total. The van der Waals surface area contributed by atoms with Gasteiger partial charge in [-0.25, -0.2) is 0 Å². The van der Waals surface area contributed by atoms with Crippen LogP contribution in [0.5, 0.6) is 17.2 Å². The number of morpholine rings is 1. The zero-order valence-electron chi connectivity index (χ0n) is 14.8. The lowest BCUT2D eigenvalue weighted by Crippen LogP contribution is -2.47. The molecular formula is C18H28N2O4. The molecule has 1 heterocycles. The van der Waals surface area contributed by atoms with Crippen LogP contribution < -0.4 is 19.5 Å². The summed E-state index contributed by atoms with van der Waals surface area (Å²) in [4.78, 5) is 2.56. The predicted octanol–water partition coefficient (Wildman–Crippen LogP) is 1.67. The summed E-state index contributed by atoms with van der Waals surface area (Å²) in [5.74, 6) is 1.99. The summed E-state index contributed by atoms with van der Waals surface area (Å²) in [5, 5.41) is 3.49. The number of nitrogens with zero attached hydrogens (tertiary/aromatic N) is 1. The SMILES string of the molecule is COc1cc(CNCC2CN(C3CC3)CCO2)cc(OC)c1OC. The average molecular weight is 336 g/mol. The van der Waals surface area contributed by atoms with Gasteiger partial charge in [0.15, 0.2) is 11.5 Å². The van der Waals surface area contributed by atoms with Gasteiger partial charge in [0.1, 0.15) is 0 Å². The van der Waals surface area contributed by atoms with Crippen LogP contribution in [0.15, 0.2) is 12.1 Å². The van der Waals surface area contributed by atoms with Crippen molar-refractivity contribution in [1.82, 2.24) is 10.2 Å². The van der Waals surface area contributed by atoms with Crippen molar-refractivity contribution in [3.8, 4) is 17.2 Å². The van der Waals surface area contributed by atoms with Crippen molar-refractivity contribution < 1.29 is 18.9 Å². The third-order valence-electron chi connectivity index (χ3n) is 4.66. The van der Waals surface area contributed by atoms with Gasteiger partial charge in [-0.05, 0) is 30.5 Å². The molecule has 134 valence electrons. The monoisotopic (exact) mass is 336 g/mol. The minimum atomic E-state index is 0.265. The van der Waals surface area contributed by atoms with E-state index in [9.17, 15) is 0 Å². The number of benzene rings is 1. The standard InChI is InChI=1S/C18H28N2O4/c1-21-16-8-13(9-17(22-2)18(16)23-3)10-19-11-15-12-20(6-7-24-15)14-4-5-14/h8-9,14-15,19H,4-7,10-12H2,1-3H3. The second kappa shape index (κ2) is 8.05. The first-order valence-corrected chi connectivity index (χ1v) is 8.60. The lowest BCUT2D eigenvalue weighted by Gasteiger charge is -2.33. The molecule has 1 aromatic carbocycles. The summed E-state index contributed by atoms with van der Waals surface area (Å²) in [7, 11) is 4.89. The fourth-order valence-electron chi connectivity index (χ4n) is 3.25. The molecule has 1 atom stereocenters. The highest BCUT2D eigenvalue weighted by Gasteiger charge is 2.32. The minimum Gasteiger partial charge on any atom is -0.493 e. The van der Waals surface area contributed by atoms with Gasteiger partial charge in [-0.15, -0.1) is 0 Å². The van der Waals surface area contributed by atoms with Gasteiger partial charge in [0.2, 0.25) is 5.75 Å². The Balaban J connectivity index is 1.54. The van der Waals surface area contributed by atoms with Gasteiger partial charge in [0.25, 0.3) is 0 Å². The maximum atomic E-state index is 5.88. The van der Waals surface area contributed by atoms with Crippen molar-refractivity contribution in [3.05, 3.63) is 17.7 Å². The quantitative estimate of drug-likeness (QED) is 0.779. The first-order valence-electron chi connectivity index (χ1n) is 8.60. The van der Waals surface area contributed by atoms with Crippen LogP contribution in [0.2, 0.25) is 0 Å². The minimum absolute atomic E-state index is 0.265. The zero-order chi connectivity index (χ0) is 16.9. The maximum absolute atomic E-state index is 5.88. The van der Waals surface area contributed by atoms with Crippen LogP contribution in [0.1, 0.15) is 18.4 Å². The Kier molecular flexibility index (Phi) is 5.81. The molecule has 1 saturated carbocycles. The van der Waals surface area contributed by atoms with Crippen molar-refractivity contribution >= 4 is 0 Å². The molecule has 2 aliphatic rings. The molecule has 0 bridgehead atoms. The normalized spacial score (nSPS) is 21.5. The fourth-order valence-corrected chi connectivity index (χ4v) is 3.25. The maximum Gasteiger partial charge on any atom is 0.203 e. The number of hydrogen-bond acceptors (Lipinski definition) is 6.